The van der Waals surface area contributed by atoms with Crippen molar-refractivity contribution in [2.24, 2.45) is 0 Å². The molecule has 10 rings (SSSR count). The third-order valence-corrected chi connectivity index (χ3v) is 14.2. The molecule has 4 bridgehead atoms. The van der Waals surface area contributed by atoms with Crippen molar-refractivity contribution >= 4 is 23.7 Å². The van der Waals surface area contributed by atoms with Crippen molar-refractivity contribution in [2.75, 3.05) is 47.0 Å². The van der Waals surface area contributed by atoms with E-state index >= 15 is 0 Å². The third kappa shape index (κ3) is 5.48. The normalized spacial score (nSPS) is 28.1. The predicted molar refractivity (Wildman–Crippen MR) is 212 cm³/mol. The number of nitrogens with one attached hydrogen (secondary N) is 1. The van der Waals surface area contributed by atoms with Crippen LogP contribution in [0.2, 0.25) is 0 Å². The van der Waals surface area contributed by atoms with Gasteiger partial charge in [-0.3, -0.25) is 19.9 Å². The summed E-state index contributed by atoms with van der Waals surface area (Å²) in [7, 11) is 5.20. The van der Waals surface area contributed by atoms with Crippen molar-refractivity contribution in [2.45, 2.75) is 94.6 Å². The number of methoxy groups -OCH3 is 2. The number of hydrogen-bond acceptors (Lipinski definition) is 15. The number of carbonyl (C=O) groups excluding carboxylic acids is 2. The molecular formula is C43H48N4O10S. The highest BCUT2D eigenvalue weighted by molar-refractivity contribution is 7.99. The van der Waals surface area contributed by atoms with Crippen LogP contribution in [-0.4, -0.2) is 98.0 Å². The van der Waals surface area contributed by atoms with Crippen LogP contribution in [0.25, 0.3) is 0 Å². The summed E-state index contributed by atoms with van der Waals surface area (Å²) in [6, 6.07) is 5.81. The fourth-order valence-electron chi connectivity index (χ4n) is 10.5. The fourth-order valence-corrected chi connectivity index (χ4v) is 12.2. The largest absolute Gasteiger partial charge is 0.504 e. The Kier molecular flexibility index (Phi) is 9.42. The van der Waals surface area contributed by atoms with Gasteiger partial charge in [0.05, 0.1) is 43.7 Å². The Hall–Kier alpha value is -4.88. The van der Waals surface area contributed by atoms with Crippen LogP contribution < -0.4 is 33.7 Å². The van der Waals surface area contributed by atoms with Crippen LogP contribution in [-0.2, 0) is 32.7 Å². The van der Waals surface area contributed by atoms with Crippen molar-refractivity contribution in [3.8, 4) is 46.3 Å². The number of benzene rings is 3. The van der Waals surface area contributed by atoms with Gasteiger partial charge in [-0.15, -0.1) is 11.8 Å². The van der Waals surface area contributed by atoms with E-state index in [1.807, 2.05) is 27.7 Å². The Bertz CT molecular complexity index is 2290. The number of aromatic hydroxyl groups is 1. The smallest absolute Gasteiger partial charge is 0.331 e. The third-order valence-electron chi connectivity index (χ3n) is 12.8. The standard InChI is InChI=1S/C43H48N4O10S/c1-19(2)56-40-31-24(11-20(3)36(40)52-8)12-26-27(15-44)47-28-16-53-42(50)43(25-14-30(51-7)29(49)13-23(25)9-10-45-43)17-58-41(35(47)34(31)46(26)6)33-32(28)39-38(54-18-55-39)21(4)37(33)57-22(5)48/h11,13-14,19,26-28,34-35,41,45,49H,9-10,12,16-18H2,1-8H3/t26-,27+,28-,34-,35?,41-,43-/m1/s1. The number of nitrogens with zero attached hydrogens (tertiary/aromatic N) is 3. The summed E-state index contributed by atoms with van der Waals surface area (Å²) >= 11 is 1.53. The number of rotatable bonds is 5. The molecule has 306 valence electrons. The molecule has 58 heavy (non-hydrogen) atoms. The highest BCUT2D eigenvalue weighted by Crippen LogP contribution is 2.65. The number of fused-ring (bicyclic) bond motifs is 9. The highest BCUT2D eigenvalue weighted by atomic mass is 32.2. The minimum Gasteiger partial charge on any atom is -0.504 e. The summed E-state index contributed by atoms with van der Waals surface area (Å²) in [6.45, 7) is 9.51. The van der Waals surface area contributed by atoms with Crippen molar-refractivity contribution in [3.05, 3.63) is 62.7 Å². The number of piperazine rings is 1. The topological polar surface area (TPSA) is 161 Å². The quantitative estimate of drug-likeness (QED) is 0.260. The van der Waals surface area contributed by atoms with E-state index in [0.29, 0.717) is 64.8 Å². The maximum atomic E-state index is 14.9. The van der Waals surface area contributed by atoms with E-state index in [0.717, 1.165) is 27.8 Å². The number of esters is 2. The monoisotopic (exact) mass is 812 g/mol. The van der Waals surface area contributed by atoms with Gasteiger partial charge in [0.15, 0.2) is 40.0 Å². The summed E-state index contributed by atoms with van der Waals surface area (Å²) < 4.78 is 43.4. The maximum absolute atomic E-state index is 14.9. The lowest BCUT2D eigenvalue weighted by atomic mass is 9.71. The number of aryl methyl sites for hydroxylation is 1. The lowest BCUT2D eigenvalue weighted by Gasteiger charge is -2.62. The van der Waals surface area contributed by atoms with Gasteiger partial charge in [-0.1, -0.05) is 6.07 Å². The van der Waals surface area contributed by atoms with Crippen LogP contribution in [0.3, 0.4) is 0 Å². The second-order valence-electron chi connectivity index (χ2n) is 16.2. The summed E-state index contributed by atoms with van der Waals surface area (Å²) in [4.78, 5) is 32.5. The number of phenolic OH excluding ortho intramolecular Hbond substituents is 1. The van der Waals surface area contributed by atoms with Gasteiger partial charge in [-0.2, -0.15) is 5.26 Å². The predicted octanol–water partition coefficient (Wildman–Crippen LogP) is 5.07. The van der Waals surface area contributed by atoms with Gasteiger partial charge in [0.25, 0.3) is 0 Å². The first-order valence-corrected chi connectivity index (χ1v) is 20.7. The van der Waals surface area contributed by atoms with E-state index in [9.17, 15) is 20.0 Å². The van der Waals surface area contributed by atoms with Gasteiger partial charge in [0, 0.05) is 53.6 Å². The molecule has 0 aliphatic carbocycles. The number of ether oxygens (including phenoxy) is 7. The summed E-state index contributed by atoms with van der Waals surface area (Å²) in [5, 5.41) is 25.1. The van der Waals surface area contributed by atoms with Gasteiger partial charge in [-0.05, 0) is 82.0 Å². The first-order valence-electron chi connectivity index (χ1n) is 19.7. The average Bonchev–Trinajstić information content (AvgIpc) is 3.68. The molecule has 7 heterocycles. The minimum atomic E-state index is -1.34. The zero-order chi connectivity index (χ0) is 40.9. The average molecular weight is 813 g/mol. The molecule has 3 aromatic carbocycles. The first kappa shape index (κ1) is 38.6. The van der Waals surface area contributed by atoms with Gasteiger partial charge in [0.1, 0.15) is 18.4 Å². The molecule has 7 atom stereocenters. The summed E-state index contributed by atoms with van der Waals surface area (Å²) in [6.07, 6.45) is 0.977. The SMILES string of the molecule is COc1cc2c(cc1O)CCN[C@]21CS[C@@H]2c3c(OC(C)=O)c(C)c4c(c3[C@@H](COC1=O)N1C2[C@H]2c3c(cc(C)c(OC)c3OC(C)C)C[C@H]([C@@H]1C#N)N2C)OCO4. The molecule has 0 saturated carbocycles. The van der Waals surface area contributed by atoms with Crippen LogP contribution in [0, 0.1) is 25.2 Å². The van der Waals surface area contributed by atoms with Crippen LogP contribution in [0.1, 0.15) is 82.6 Å². The van der Waals surface area contributed by atoms with E-state index < -0.39 is 40.9 Å². The molecule has 7 aliphatic heterocycles. The van der Waals surface area contributed by atoms with Gasteiger partial charge in [-0.25, -0.2) is 4.79 Å². The van der Waals surface area contributed by atoms with E-state index in [1.54, 1.807) is 19.2 Å². The Labute approximate surface area is 341 Å². The Morgan fingerprint density at radius 1 is 1.05 bits per heavy atom. The van der Waals surface area contributed by atoms with Gasteiger partial charge in [0.2, 0.25) is 6.79 Å². The first-order chi connectivity index (χ1) is 27.8. The Morgan fingerprint density at radius 2 is 1.83 bits per heavy atom. The molecule has 0 amide bonds. The number of hydrogen-bond donors (Lipinski definition) is 2. The zero-order valence-electron chi connectivity index (χ0n) is 33.9. The van der Waals surface area contributed by atoms with Crippen LogP contribution >= 0.6 is 11.8 Å². The molecule has 14 nitrogen and oxygen atoms in total. The molecular weight excluding hydrogens is 765 g/mol. The molecule has 0 radical (unpaired) electrons. The number of nitriles is 1. The number of thioether (sulfide) groups is 1. The molecule has 3 aromatic rings. The van der Waals surface area contributed by atoms with E-state index in [4.69, 9.17) is 33.2 Å². The molecule has 1 spiro atoms. The van der Waals surface area contributed by atoms with Crippen molar-refractivity contribution in [1.29, 1.82) is 5.26 Å². The van der Waals surface area contributed by atoms with Gasteiger partial charge < -0.3 is 38.3 Å². The Balaban J connectivity index is 1.34. The Morgan fingerprint density at radius 3 is 2.53 bits per heavy atom. The maximum Gasteiger partial charge on any atom is 0.331 e. The minimum absolute atomic E-state index is 0.0104. The lowest BCUT2D eigenvalue weighted by molar-refractivity contribution is -0.157. The lowest BCUT2D eigenvalue weighted by Crippen LogP contribution is -2.69. The molecule has 2 saturated heterocycles. The molecule has 1 unspecified atom stereocenters. The van der Waals surface area contributed by atoms with Crippen LogP contribution in [0.4, 0.5) is 0 Å². The molecule has 15 heteroatoms. The van der Waals surface area contributed by atoms with Gasteiger partial charge >= 0.3 is 11.9 Å². The van der Waals surface area contributed by atoms with E-state index in [2.05, 4.69) is 34.3 Å². The second kappa shape index (κ2) is 14.1. The van der Waals surface area contributed by atoms with E-state index in [1.165, 1.54) is 25.8 Å². The molecule has 7 aliphatic rings. The number of likely N-dealkylation sites (N-methyl/N-ethyl adjacent to an activating group) is 1. The number of phenols is 1. The molecule has 2 fully saturated rings. The van der Waals surface area contributed by atoms with Crippen LogP contribution in [0.15, 0.2) is 18.2 Å². The van der Waals surface area contributed by atoms with Crippen molar-refractivity contribution < 1.29 is 47.9 Å². The van der Waals surface area contributed by atoms with Crippen molar-refractivity contribution in [1.82, 2.24) is 15.1 Å². The van der Waals surface area contributed by atoms with Crippen LogP contribution in [0.5, 0.6) is 40.2 Å². The zero-order valence-corrected chi connectivity index (χ0v) is 34.7. The number of carbonyl (C=O) groups is 2. The highest BCUT2D eigenvalue weighted by Gasteiger charge is 2.62. The second-order valence-corrected chi connectivity index (χ2v) is 17.4. The van der Waals surface area contributed by atoms with E-state index in [-0.39, 0.29) is 48.8 Å². The fraction of sp³-hybridized carbons (Fsp3) is 0.512. The summed E-state index contributed by atoms with van der Waals surface area (Å²) in [5.41, 5.74) is 5.16. The molecule has 0 aromatic heterocycles. The summed E-state index contributed by atoms with van der Waals surface area (Å²) in [5.74, 6) is 2.06. The molecule has 2 N–H and O–H groups in total. The van der Waals surface area contributed by atoms with Crippen molar-refractivity contribution in [3.63, 3.8) is 0 Å².